The van der Waals surface area contributed by atoms with Crippen molar-refractivity contribution < 1.29 is 91.7 Å². The molecule has 0 aliphatic rings. The minimum Gasteiger partial charge on any atom is -1.00 e. The quantitative estimate of drug-likeness (QED) is 0.280. The largest absolute Gasteiger partial charge is 3.00 e. The van der Waals surface area contributed by atoms with Crippen molar-refractivity contribution in [3.8, 4) is 0 Å². The minimum atomic E-state index is 0. The molecule has 5 heavy (non-hydrogen) atoms. The Morgan fingerprint density at radius 2 is 0.600 bits per heavy atom. The smallest absolute Gasteiger partial charge is 1.00 e. The van der Waals surface area contributed by atoms with Gasteiger partial charge in [-0.15, -0.1) is 0 Å². The molecule has 0 fully saturated rings. The van der Waals surface area contributed by atoms with Gasteiger partial charge in [0.05, 0.1) is 0 Å². The Morgan fingerprint density at radius 1 is 0.600 bits per heavy atom. The van der Waals surface area contributed by atoms with E-state index < -0.39 is 0 Å². The Kier molecular flexibility index (Phi) is 290. The van der Waals surface area contributed by atoms with Crippen LogP contribution in [0.4, 0.5) is 0 Å². The number of hydrogen-bond donors (Lipinski definition) is 0. The summed E-state index contributed by atoms with van der Waals surface area (Å²) in [6.07, 6.45) is 0. The monoisotopic (exact) mass is 514 g/mol. The maximum absolute atomic E-state index is 0. The first-order valence-corrected chi connectivity index (χ1v) is 0. The standard InChI is InChI=1S/Au.4BrH/h;4*1H/q+3;;;;/p-3. The molecular formula is HAuBr4. The maximum Gasteiger partial charge on any atom is 3.00 e. The predicted octanol–water partition coefficient (Wildman–Crippen LogP) is -11.9. The van der Waals surface area contributed by atoms with Crippen LogP contribution in [0, 0.1) is 0 Å². The summed E-state index contributed by atoms with van der Waals surface area (Å²) < 4.78 is 0. The molecule has 5 heteroatoms. The summed E-state index contributed by atoms with van der Waals surface area (Å²) in [6.45, 7) is 0. The van der Waals surface area contributed by atoms with Crippen LogP contribution in [0.5, 0.6) is 0 Å². The minimum absolute atomic E-state index is 0. The second-order valence-corrected chi connectivity index (χ2v) is 0. The van der Waals surface area contributed by atoms with Gasteiger partial charge in [0.2, 0.25) is 0 Å². The summed E-state index contributed by atoms with van der Waals surface area (Å²) >= 11 is 0. The molecule has 0 radical (unpaired) electrons. The third-order valence-corrected chi connectivity index (χ3v) is 0. The van der Waals surface area contributed by atoms with Gasteiger partial charge in [0.25, 0.3) is 0 Å². The Hall–Kier alpha value is 2.66. The van der Waals surface area contributed by atoms with Gasteiger partial charge in [-0.1, -0.05) is 0 Å². The van der Waals surface area contributed by atoms with Crippen molar-refractivity contribution in [3.05, 3.63) is 0 Å². The third kappa shape index (κ3) is 20.4. The van der Waals surface area contributed by atoms with E-state index in [2.05, 4.69) is 0 Å². The Labute approximate surface area is 90.5 Å². The molecule has 0 saturated carbocycles. The number of halogens is 4. The summed E-state index contributed by atoms with van der Waals surface area (Å²) in [6, 6.07) is 0. The summed E-state index contributed by atoms with van der Waals surface area (Å²) in [5, 5.41) is 0. The zero-order valence-corrected chi connectivity index (χ0v) is 10.3. The van der Waals surface area contributed by atoms with Crippen molar-refractivity contribution >= 4 is 0 Å². The average Bonchev–Trinajstić information content (AvgIpc) is 0. The second kappa shape index (κ2) is 30.2. The van der Waals surface area contributed by atoms with Gasteiger partial charge in [-0.25, -0.2) is 0 Å². The van der Waals surface area contributed by atoms with Gasteiger partial charge in [-0.3, -0.25) is 0 Å². The van der Waals surface area contributed by atoms with Crippen LogP contribution in [0.1, 0.15) is 1.43 Å². The normalized spacial score (nSPS) is 0. The van der Waals surface area contributed by atoms with E-state index in [9.17, 15) is 0 Å². The molecule has 0 rings (SSSR count). The van der Waals surface area contributed by atoms with Gasteiger partial charge in [-0.2, -0.15) is 0 Å². The molecule has 0 spiro atoms. The van der Waals surface area contributed by atoms with Crippen molar-refractivity contribution in [1.29, 1.82) is 0 Å². The summed E-state index contributed by atoms with van der Waals surface area (Å²) in [5.74, 6) is 0. The molecule has 0 aromatic rings. The van der Waals surface area contributed by atoms with E-state index in [0.717, 1.165) is 0 Å². The molecule has 0 atom stereocenters. The van der Waals surface area contributed by atoms with Crippen molar-refractivity contribution in [2.45, 2.75) is 0 Å². The SMILES string of the molecule is [Au+3].[Br-].[Br-].[Br-].[Br-].[H+]. The Bertz CT molecular complexity index is 7.51. The first-order chi connectivity index (χ1) is 0. The first kappa shape index (κ1) is 48.0. The van der Waals surface area contributed by atoms with Crippen LogP contribution in [0.25, 0.3) is 0 Å². The Morgan fingerprint density at radius 3 is 0.600 bits per heavy atom. The van der Waals surface area contributed by atoms with E-state index in [1.165, 1.54) is 0 Å². The molecule has 0 aliphatic heterocycles. The number of rotatable bonds is 0. The van der Waals surface area contributed by atoms with Crippen LogP contribution in [0.2, 0.25) is 0 Å². The second-order valence-electron chi connectivity index (χ2n) is 0. The van der Waals surface area contributed by atoms with Gasteiger partial charge < -0.3 is 67.9 Å². The molecule has 0 aromatic heterocycles. The van der Waals surface area contributed by atoms with Crippen LogP contribution >= 0.6 is 0 Å². The van der Waals surface area contributed by atoms with Crippen molar-refractivity contribution in [1.82, 2.24) is 0 Å². The van der Waals surface area contributed by atoms with E-state index in [-0.39, 0.29) is 91.7 Å². The molecule has 40 valence electrons. The molecule has 0 unspecified atom stereocenters. The van der Waals surface area contributed by atoms with E-state index >= 15 is 0 Å². The van der Waals surface area contributed by atoms with Gasteiger partial charge in [0.15, 0.2) is 0 Å². The van der Waals surface area contributed by atoms with E-state index in [0.29, 0.717) is 0 Å². The van der Waals surface area contributed by atoms with Crippen LogP contribution < -0.4 is 67.9 Å². The van der Waals surface area contributed by atoms with Crippen molar-refractivity contribution in [3.63, 3.8) is 0 Å². The van der Waals surface area contributed by atoms with Gasteiger partial charge in [0, 0.05) is 0 Å². The molecule has 0 heterocycles. The first-order valence-electron chi connectivity index (χ1n) is 0. The van der Waals surface area contributed by atoms with E-state index in [1.807, 2.05) is 0 Å². The third-order valence-electron chi connectivity index (χ3n) is 0. The molecule has 0 N–H and O–H groups in total. The van der Waals surface area contributed by atoms with Crippen LogP contribution in [0.3, 0.4) is 0 Å². The molecule has 0 aliphatic carbocycles. The fraction of sp³-hybridized carbons (Fsp3) is 0. The summed E-state index contributed by atoms with van der Waals surface area (Å²) in [5.41, 5.74) is 0. The summed E-state index contributed by atoms with van der Waals surface area (Å²) in [4.78, 5) is 0. The van der Waals surface area contributed by atoms with Gasteiger partial charge in [0.1, 0.15) is 0 Å². The number of hydrogen-bond acceptors (Lipinski definition) is 0. The fourth-order valence-corrected chi connectivity index (χ4v) is 0. The molecule has 0 saturated heterocycles. The van der Waals surface area contributed by atoms with E-state index in [4.69, 9.17) is 0 Å². The van der Waals surface area contributed by atoms with Gasteiger partial charge >= 0.3 is 23.8 Å². The maximum atomic E-state index is 0. The zero-order chi connectivity index (χ0) is 0. The molecule has 0 aromatic carbocycles. The summed E-state index contributed by atoms with van der Waals surface area (Å²) in [7, 11) is 0. The molecular weight excluding hydrogens is 517 g/mol. The fourth-order valence-electron chi connectivity index (χ4n) is 0. The van der Waals surface area contributed by atoms with Crippen molar-refractivity contribution in [2.75, 3.05) is 0 Å². The predicted molar refractivity (Wildman–Crippen MR) is 1.11 cm³/mol. The van der Waals surface area contributed by atoms with Crippen molar-refractivity contribution in [2.24, 2.45) is 0 Å². The zero-order valence-electron chi connectivity index (χ0n) is 2.81. The van der Waals surface area contributed by atoms with Crippen LogP contribution in [0.15, 0.2) is 0 Å². The average molecular weight is 518 g/mol. The Balaban J connectivity index is 0. The molecule has 0 amide bonds. The van der Waals surface area contributed by atoms with Crippen LogP contribution in [-0.4, -0.2) is 0 Å². The molecule has 0 bridgehead atoms. The van der Waals surface area contributed by atoms with Crippen LogP contribution in [-0.2, 0) is 22.4 Å². The molecule has 0 nitrogen and oxygen atoms in total. The van der Waals surface area contributed by atoms with Gasteiger partial charge in [-0.05, 0) is 0 Å². The topological polar surface area (TPSA) is 0 Å². The van der Waals surface area contributed by atoms with E-state index in [1.54, 1.807) is 0 Å².